The molecular weight excluding hydrogens is 401 g/mol. The van der Waals surface area contributed by atoms with Crippen LogP contribution < -0.4 is 5.32 Å². The molecule has 1 aromatic rings. The number of halogens is 3. The zero-order valence-corrected chi connectivity index (χ0v) is 16.6. The number of carbonyl (C=O) groups is 1. The van der Waals surface area contributed by atoms with E-state index < -0.39 is 21.8 Å². The number of hydrogen-bond donors (Lipinski definition) is 1. The monoisotopic (exact) mass is 421 g/mol. The summed E-state index contributed by atoms with van der Waals surface area (Å²) in [6.07, 6.45) is 4.68. The molecule has 0 heterocycles. The lowest BCUT2D eigenvalue weighted by Crippen LogP contribution is -2.36. The average Bonchev–Trinajstić information content (AvgIpc) is 2.62. The van der Waals surface area contributed by atoms with Crippen molar-refractivity contribution >= 4 is 40.7 Å². The van der Waals surface area contributed by atoms with Gasteiger partial charge in [0, 0.05) is 7.11 Å². The molecule has 0 unspecified atom stereocenters. The van der Waals surface area contributed by atoms with Crippen molar-refractivity contribution in [2.75, 3.05) is 27.1 Å². The highest BCUT2D eigenvalue weighted by molar-refractivity contribution is 6.76. The quantitative estimate of drug-likeness (QED) is 0.254. The highest BCUT2D eigenvalue weighted by atomic mass is 35.6. The van der Waals surface area contributed by atoms with E-state index in [-0.39, 0.29) is 6.79 Å². The summed E-state index contributed by atoms with van der Waals surface area (Å²) < 4.78 is 13.6. The Labute approximate surface area is 168 Å². The largest absolute Gasteiger partial charge is 0.382 e. The third-order valence-electron chi connectivity index (χ3n) is 3.20. The number of nitrogens with one attached hydrogen (secondary N) is 1. The third kappa shape index (κ3) is 9.03. The first-order valence-electron chi connectivity index (χ1n) is 7.80. The molecule has 0 spiro atoms. The van der Waals surface area contributed by atoms with E-state index in [1.807, 2.05) is 30.3 Å². The van der Waals surface area contributed by atoms with Gasteiger partial charge in [-0.3, -0.25) is 4.79 Å². The minimum Gasteiger partial charge on any atom is -0.382 e. The lowest BCUT2D eigenvalue weighted by atomic mass is 10.1. The van der Waals surface area contributed by atoms with Crippen LogP contribution in [0.5, 0.6) is 0 Å². The summed E-state index contributed by atoms with van der Waals surface area (Å²) in [5.41, 5.74) is 0.825. The van der Waals surface area contributed by atoms with Crippen LogP contribution >= 0.6 is 34.8 Å². The Balaban J connectivity index is 2.75. The maximum atomic E-state index is 12.0. The molecule has 144 valence electrons. The molecule has 0 bridgehead atoms. The van der Waals surface area contributed by atoms with E-state index in [1.165, 1.54) is 0 Å². The van der Waals surface area contributed by atoms with Gasteiger partial charge < -0.3 is 19.5 Å². The number of methoxy groups -OCH3 is 1. The SMILES string of the molecule is C=C[C@H](/C=C/[C@H](NC(=O)C(Cl)(Cl)Cl)c1ccccc1)OCOCCOC. The van der Waals surface area contributed by atoms with Gasteiger partial charge in [-0.2, -0.15) is 0 Å². The lowest BCUT2D eigenvalue weighted by molar-refractivity contribution is -0.120. The number of hydrogen-bond acceptors (Lipinski definition) is 4. The van der Waals surface area contributed by atoms with Crippen molar-refractivity contribution < 1.29 is 19.0 Å². The number of rotatable bonds is 11. The molecule has 0 saturated heterocycles. The highest BCUT2D eigenvalue weighted by Gasteiger charge is 2.32. The Morgan fingerprint density at radius 1 is 1.23 bits per heavy atom. The summed E-state index contributed by atoms with van der Waals surface area (Å²) in [5.74, 6) is -0.722. The molecule has 0 aliphatic heterocycles. The first kappa shape index (κ1) is 23.0. The molecule has 5 nitrogen and oxygen atoms in total. The van der Waals surface area contributed by atoms with Crippen molar-refractivity contribution in [1.29, 1.82) is 0 Å². The number of carbonyl (C=O) groups excluding carboxylic acids is 1. The molecule has 1 N–H and O–H groups in total. The molecule has 2 atom stereocenters. The summed E-state index contributed by atoms with van der Waals surface area (Å²) in [7, 11) is 1.59. The Morgan fingerprint density at radius 3 is 2.50 bits per heavy atom. The Kier molecular flexibility index (Phi) is 10.9. The van der Waals surface area contributed by atoms with Crippen LogP contribution in [0.15, 0.2) is 55.1 Å². The number of alkyl halides is 3. The van der Waals surface area contributed by atoms with Crippen LogP contribution in [-0.4, -0.2) is 42.9 Å². The van der Waals surface area contributed by atoms with Crippen molar-refractivity contribution in [3.63, 3.8) is 0 Å². The van der Waals surface area contributed by atoms with E-state index in [1.54, 1.807) is 25.3 Å². The molecule has 1 amide bonds. The summed E-state index contributed by atoms with van der Waals surface area (Å²) in [6, 6.07) is 8.77. The predicted octanol–water partition coefficient (Wildman–Crippen LogP) is 3.96. The molecule has 0 aliphatic carbocycles. The van der Waals surface area contributed by atoms with Gasteiger partial charge >= 0.3 is 0 Å². The Bertz CT molecular complexity index is 576. The first-order valence-corrected chi connectivity index (χ1v) is 8.93. The van der Waals surface area contributed by atoms with Gasteiger partial charge in [0.05, 0.1) is 25.4 Å². The molecule has 0 fully saturated rings. The molecule has 0 aromatic heterocycles. The van der Waals surface area contributed by atoms with Crippen LogP contribution in [0, 0.1) is 0 Å². The molecule has 0 radical (unpaired) electrons. The van der Waals surface area contributed by atoms with Gasteiger partial charge in [-0.05, 0) is 5.56 Å². The van der Waals surface area contributed by atoms with E-state index in [2.05, 4.69) is 11.9 Å². The van der Waals surface area contributed by atoms with Crippen LogP contribution in [0.25, 0.3) is 0 Å². The van der Waals surface area contributed by atoms with Gasteiger partial charge in [0.1, 0.15) is 6.79 Å². The molecule has 26 heavy (non-hydrogen) atoms. The topological polar surface area (TPSA) is 56.8 Å². The minimum atomic E-state index is -2.05. The van der Waals surface area contributed by atoms with Gasteiger partial charge in [0.25, 0.3) is 9.70 Å². The maximum Gasteiger partial charge on any atom is 0.272 e. The Morgan fingerprint density at radius 2 is 1.92 bits per heavy atom. The highest BCUT2D eigenvalue weighted by Crippen LogP contribution is 2.27. The maximum absolute atomic E-state index is 12.0. The van der Waals surface area contributed by atoms with Crippen molar-refractivity contribution in [2.24, 2.45) is 0 Å². The normalized spacial score (nSPS) is 14.2. The average molecular weight is 423 g/mol. The van der Waals surface area contributed by atoms with Crippen LogP contribution in [0.1, 0.15) is 11.6 Å². The van der Waals surface area contributed by atoms with Crippen LogP contribution in [-0.2, 0) is 19.0 Å². The van der Waals surface area contributed by atoms with Gasteiger partial charge in [-0.15, -0.1) is 6.58 Å². The fraction of sp³-hybridized carbons (Fsp3) is 0.389. The van der Waals surface area contributed by atoms with Gasteiger partial charge in [-0.1, -0.05) is 83.4 Å². The summed E-state index contributed by atoms with van der Waals surface area (Å²) in [4.78, 5) is 12.0. The number of amides is 1. The van der Waals surface area contributed by atoms with Crippen LogP contribution in [0.4, 0.5) is 0 Å². The van der Waals surface area contributed by atoms with E-state index >= 15 is 0 Å². The van der Waals surface area contributed by atoms with E-state index in [0.29, 0.717) is 13.2 Å². The summed E-state index contributed by atoms with van der Waals surface area (Å²) in [5, 5.41) is 2.68. The Hall–Kier alpha value is -1.08. The van der Waals surface area contributed by atoms with Crippen molar-refractivity contribution in [2.45, 2.75) is 15.9 Å². The molecule has 8 heteroatoms. The number of ether oxygens (including phenoxy) is 3. The fourth-order valence-electron chi connectivity index (χ4n) is 1.88. The van der Waals surface area contributed by atoms with Crippen molar-refractivity contribution in [1.82, 2.24) is 5.32 Å². The van der Waals surface area contributed by atoms with Gasteiger partial charge in [0.2, 0.25) is 0 Å². The predicted molar refractivity (Wildman–Crippen MR) is 105 cm³/mol. The second-order valence-electron chi connectivity index (χ2n) is 5.13. The standard InChI is InChI=1S/C18H22Cl3NO4/c1-3-15(26-13-25-12-11-24-2)9-10-16(14-7-5-4-6-8-14)22-17(23)18(19,20)21/h3-10,15-16H,1,11-13H2,2H3,(H,22,23)/b10-9+/t15-,16+/m1/s1. The third-order valence-corrected chi connectivity index (χ3v) is 3.72. The lowest BCUT2D eigenvalue weighted by Gasteiger charge is -2.19. The minimum absolute atomic E-state index is 0.0842. The van der Waals surface area contributed by atoms with E-state index in [9.17, 15) is 4.79 Å². The van der Waals surface area contributed by atoms with Gasteiger partial charge in [0.15, 0.2) is 0 Å². The second-order valence-corrected chi connectivity index (χ2v) is 7.41. The zero-order valence-electron chi connectivity index (χ0n) is 14.4. The molecule has 0 saturated carbocycles. The fourth-order valence-corrected chi connectivity index (χ4v) is 2.04. The smallest absolute Gasteiger partial charge is 0.272 e. The number of benzene rings is 1. The zero-order chi connectivity index (χ0) is 19.4. The van der Waals surface area contributed by atoms with E-state index in [0.717, 1.165) is 5.56 Å². The van der Waals surface area contributed by atoms with Crippen molar-refractivity contribution in [3.05, 3.63) is 60.7 Å². The second kappa shape index (κ2) is 12.3. The summed E-state index contributed by atoms with van der Waals surface area (Å²) >= 11 is 16.9. The van der Waals surface area contributed by atoms with Gasteiger partial charge in [-0.25, -0.2) is 0 Å². The first-order chi connectivity index (χ1) is 12.4. The van der Waals surface area contributed by atoms with Crippen molar-refractivity contribution in [3.8, 4) is 0 Å². The summed E-state index contributed by atoms with van der Waals surface area (Å²) in [6.45, 7) is 4.71. The molecule has 1 rings (SSSR count). The van der Waals surface area contributed by atoms with E-state index in [4.69, 9.17) is 49.0 Å². The van der Waals surface area contributed by atoms with Crippen LogP contribution in [0.3, 0.4) is 0 Å². The molecule has 0 aliphatic rings. The molecular formula is C18H22Cl3NO4. The van der Waals surface area contributed by atoms with Crippen LogP contribution in [0.2, 0.25) is 0 Å². The molecule has 1 aromatic carbocycles.